The fraction of sp³-hybridized carbons (Fsp3) is 0.625. The maximum absolute atomic E-state index is 5.67. The van der Waals surface area contributed by atoms with Crippen molar-refractivity contribution in [2.24, 2.45) is 16.8 Å². The Morgan fingerprint density at radius 2 is 2.14 bits per heavy atom. The van der Waals surface area contributed by atoms with Crippen LogP contribution in [0.25, 0.3) is 0 Å². The molecule has 1 fully saturated rings. The Morgan fingerprint density at radius 1 is 1.36 bits per heavy atom. The first-order valence-corrected chi connectivity index (χ1v) is 11.5. The van der Waals surface area contributed by atoms with Crippen molar-refractivity contribution in [3.63, 3.8) is 0 Å². The number of allylic oxidation sites excluding steroid dienone is 5. The van der Waals surface area contributed by atoms with Crippen molar-refractivity contribution in [2.45, 2.75) is 64.5 Å². The van der Waals surface area contributed by atoms with E-state index in [9.17, 15) is 0 Å². The predicted molar refractivity (Wildman–Crippen MR) is 123 cm³/mol. The molecule has 1 heterocycles. The second-order valence-electron chi connectivity index (χ2n) is 7.87. The van der Waals surface area contributed by atoms with Crippen LogP contribution in [0.2, 0.25) is 0 Å². The van der Waals surface area contributed by atoms with Crippen LogP contribution in [0.15, 0.2) is 53.6 Å². The van der Waals surface area contributed by atoms with E-state index in [1.54, 1.807) is 7.11 Å². The van der Waals surface area contributed by atoms with Crippen molar-refractivity contribution in [3.8, 4) is 0 Å². The summed E-state index contributed by atoms with van der Waals surface area (Å²) in [6.07, 6.45) is 19.7. The Bertz CT molecular complexity index is 593. The first-order chi connectivity index (χ1) is 13.6. The monoisotopic (exact) mass is 403 g/mol. The Labute approximate surface area is 176 Å². The summed E-state index contributed by atoms with van der Waals surface area (Å²) in [5.74, 6) is 2.77. The van der Waals surface area contributed by atoms with E-state index in [0.717, 1.165) is 49.7 Å². The molecule has 4 atom stereocenters. The second kappa shape index (κ2) is 13.2. The molecule has 0 unspecified atom stereocenters. The highest BCUT2D eigenvalue weighted by molar-refractivity contribution is 8.14. The molecule has 0 amide bonds. The van der Waals surface area contributed by atoms with E-state index in [1.165, 1.54) is 17.0 Å². The number of ether oxygens (including phenoxy) is 2. The molecule has 0 aromatic heterocycles. The summed E-state index contributed by atoms with van der Waals surface area (Å²) in [4.78, 5) is 4.87. The van der Waals surface area contributed by atoms with Gasteiger partial charge in [-0.2, -0.15) is 0 Å². The summed E-state index contributed by atoms with van der Waals surface area (Å²) in [6.45, 7) is 8.66. The van der Waals surface area contributed by atoms with Crippen LogP contribution >= 0.6 is 11.8 Å². The molecule has 0 aromatic carbocycles. The fourth-order valence-electron chi connectivity index (χ4n) is 3.24. The van der Waals surface area contributed by atoms with Gasteiger partial charge in [-0.05, 0) is 51.4 Å². The lowest BCUT2D eigenvalue weighted by molar-refractivity contribution is -0.0725. The maximum atomic E-state index is 5.67. The van der Waals surface area contributed by atoms with Gasteiger partial charge in [0, 0.05) is 18.8 Å². The molecule has 0 N–H and O–H groups in total. The van der Waals surface area contributed by atoms with Crippen molar-refractivity contribution >= 4 is 16.8 Å². The van der Waals surface area contributed by atoms with E-state index in [0.29, 0.717) is 12.8 Å². The largest absolute Gasteiger partial charge is 0.359 e. The van der Waals surface area contributed by atoms with Crippen molar-refractivity contribution < 1.29 is 9.47 Å². The summed E-state index contributed by atoms with van der Waals surface area (Å²) in [5.41, 5.74) is 1.38. The minimum atomic E-state index is 0.190. The first kappa shape index (κ1) is 23.2. The molecule has 2 aliphatic rings. The molecule has 0 spiro atoms. The molecule has 28 heavy (non-hydrogen) atoms. The van der Waals surface area contributed by atoms with E-state index in [2.05, 4.69) is 50.8 Å². The Kier molecular flexibility index (Phi) is 10.9. The zero-order valence-corrected chi connectivity index (χ0v) is 18.6. The lowest BCUT2D eigenvalue weighted by Crippen LogP contribution is -2.13. The number of hydrogen-bond donors (Lipinski definition) is 0. The average Bonchev–Trinajstić information content (AvgIpc) is 3.23. The van der Waals surface area contributed by atoms with Crippen LogP contribution < -0.4 is 0 Å². The first-order valence-electron chi connectivity index (χ1n) is 10.5. The predicted octanol–water partition coefficient (Wildman–Crippen LogP) is 6.34. The van der Waals surface area contributed by atoms with Crippen molar-refractivity contribution in [2.75, 3.05) is 19.7 Å². The average molecular weight is 404 g/mol. The Balaban J connectivity index is 1.59. The highest BCUT2D eigenvalue weighted by Gasteiger charge is 2.39. The molecule has 0 bridgehead atoms. The minimum Gasteiger partial charge on any atom is -0.359 e. The lowest BCUT2D eigenvalue weighted by atomic mass is 10.1. The molecular formula is C24H37NO2S. The topological polar surface area (TPSA) is 30.8 Å². The molecule has 2 rings (SSSR count). The van der Waals surface area contributed by atoms with Crippen LogP contribution in [-0.4, -0.2) is 36.8 Å². The fourth-order valence-corrected chi connectivity index (χ4v) is 4.52. The van der Waals surface area contributed by atoms with E-state index >= 15 is 0 Å². The lowest BCUT2D eigenvalue weighted by Gasteiger charge is -2.15. The quantitative estimate of drug-likeness (QED) is 0.147. The molecule has 1 aliphatic carbocycles. The van der Waals surface area contributed by atoms with Gasteiger partial charge in [0.15, 0.2) is 0 Å². The van der Waals surface area contributed by atoms with E-state index in [1.807, 2.05) is 17.8 Å². The van der Waals surface area contributed by atoms with Crippen LogP contribution in [0.3, 0.4) is 0 Å². The van der Waals surface area contributed by atoms with E-state index in [4.69, 9.17) is 14.5 Å². The van der Waals surface area contributed by atoms with Crippen LogP contribution in [0.1, 0.15) is 52.4 Å². The number of hydrogen-bond acceptors (Lipinski definition) is 4. The van der Waals surface area contributed by atoms with Crippen LogP contribution in [-0.2, 0) is 9.47 Å². The standard InChI is InChI=1S/C24H37NO2S/c1-5-11-22(27-18-26-4)15-14-19(2)12-9-7-6-8-10-13-21-17-28-24(25-21)23-16-20(23)3/h5,7,9-10,12-13,20-23H,1,6,8,11,14-18H2,2-4H3/b9-7+,13-10-,19-12+/t20-,21+,22-,23+/m0/s1. The van der Waals surface area contributed by atoms with Gasteiger partial charge in [-0.3, -0.25) is 4.99 Å². The normalized spacial score (nSPS) is 26.2. The molecule has 1 aliphatic heterocycles. The summed E-state index contributed by atoms with van der Waals surface area (Å²) in [7, 11) is 1.65. The minimum absolute atomic E-state index is 0.190. The molecule has 0 radical (unpaired) electrons. The molecule has 156 valence electrons. The third-order valence-electron chi connectivity index (χ3n) is 5.21. The van der Waals surface area contributed by atoms with Crippen molar-refractivity contribution in [3.05, 3.63) is 48.6 Å². The highest BCUT2D eigenvalue weighted by atomic mass is 32.2. The summed E-state index contributed by atoms with van der Waals surface area (Å²) < 4.78 is 10.7. The van der Waals surface area contributed by atoms with Crippen molar-refractivity contribution in [1.82, 2.24) is 0 Å². The van der Waals surface area contributed by atoms with Gasteiger partial charge in [0.05, 0.1) is 17.2 Å². The van der Waals surface area contributed by atoms with Gasteiger partial charge < -0.3 is 9.47 Å². The SMILES string of the molecule is C=CC[C@@H](CC/C(C)=C/C=C/CC/C=C\[C@@H]1CSC([C@@H]2C[C@@H]2C)=N1)OCOC. The maximum Gasteiger partial charge on any atom is 0.146 e. The summed E-state index contributed by atoms with van der Waals surface area (Å²) >= 11 is 1.97. The third-order valence-corrected chi connectivity index (χ3v) is 6.42. The zero-order valence-electron chi connectivity index (χ0n) is 17.8. The van der Waals surface area contributed by atoms with Gasteiger partial charge in [0.25, 0.3) is 0 Å². The van der Waals surface area contributed by atoms with Crippen LogP contribution in [0.5, 0.6) is 0 Å². The Morgan fingerprint density at radius 3 is 2.86 bits per heavy atom. The van der Waals surface area contributed by atoms with Gasteiger partial charge in [0.1, 0.15) is 6.79 Å². The van der Waals surface area contributed by atoms with E-state index < -0.39 is 0 Å². The number of methoxy groups -OCH3 is 1. The molecule has 3 nitrogen and oxygen atoms in total. The molecular weight excluding hydrogens is 366 g/mol. The number of unbranched alkanes of at least 4 members (excludes halogenated alkanes) is 1. The highest BCUT2D eigenvalue weighted by Crippen LogP contribution is 2.44. The number of rotatable bonds is 14. The van der Waals surface area contributed by atoms with Gasteiger partial charge in [0.2, 0.25) is 0 Å². The number of nitrogens with zero attached hydrogens (tertiary/aromatic N) is 1. The number of aliphatic imine (C=N–C) groups is 1. The van der Waals surface area contributed by atoms with Crippen LogP contribution in [0, 0.1) is 11.8 Å². The molecule has 0 saturated heterocycles. The van der Waals surface area contributed by atoms with Gasteiger partial charge in [-0.1, -0.05) is 49.0 Å². The second-order valence-corrected chi connectivity index (χ2v) is 8.91. The van der Waals surface area contributed by atoms with Crippen LogP contribution in [0.4, 0.5) is 0 Å². The third kappa shape index (κ3) is 8.93. The smallest absolute Gasteiger partial charge is 0.146 e. The number of thioether (sulfide) groups is 1. The molecule has 1 saturated carbocycles. The van der Waals surface area contributed by atoms with Gasteiger partial charge in [-0.15, -0.1) is 18.3 Å². The van der Waals surface area contributed by atoms with Gasteiger partial charge in [-0.25, -0.2) is 0 Å². The van der Waals surface area contributed by atoms with E-state index in [-0.39, 0.29) is 6.10 Å². The molecule has 0 aromatic rings. The van der Waals surface area contributed by atoms with Crippen molar-refractivity contribution in [1.29, 1.82) is 0 Å². The Hall–Kier alpha value is -1.10. The summed E-state index contributed by atoms with van der Waals surface area (Å²) in [5, 5.41) is 1.41. The van der Waals surface area contributed by atoms with Gasteiger partial charge >= 0.3 is 0 Å². The molecule has 4 heteroatoms. The zero-order chi connectivity index (χ0) is 20.2. The summed E-state index contributed by atoms with van der Waals surface area (Å²) in [6, 6.07) is 0.405.